The first kappa shape index (κ1) is 13.8. The van der Waals surface area contributed by atoms with Crippen LogP contribution in [0.1, 0.15) is 41.7 Å². The summed E-state index contributed by atoms with van der Waals surface area (Å²) >= 11 is 1.31. The van der Waals surface area contributed by atoms with Crippen molar-refractivity contribution >= 4 is 17.3 Å². The lowest BCUT2D eigenvalue weighted by Gasteiger charge is -2.01. The summed E-state index contributed by atoms with van der Waals surface area (Å²) in [5, 5.41) is 9.07. The lowest BCUT2D eigenvalue weighted by molar-refractivity contribution is 0.0698. The van der Waals surface area contributed by atoms with Crippen molar-refractivity contribution in [3.8, 4) is 5.75 Å². The van der Waals surface area contributed by atoms with Gasteiger partial charge in [-0.15, -0.1) is 11.3 Å². The molecule has 0 fully saturated rings. The van der Waals surface area contributed by atoms with Gasteiger partial charge >= 0.3 is 5.97 Å². The molecule has 0 aromatic carbocycles. The highest BCUT2D eigenvalue weighted by molar-refractivity contribution is 7.14. The Bertz CT molecular complexity index is 414. The van der Waals surface area contributed by atoms with Crippen molar-refractivity contribution in [3.05, 3.63) is 27.5 Å². The lowest BCUT2D eigenvalue weighted by atomic mass is 10.3. The zero-order chi connectivity index (χ0) is 12.8. The number of aromatic carboxylic acids is 1. The van der Waals surface area contributed by atoms with Crippen LogP contribution in [0, 0.1) is 0 Å². The number of carboxylic acids is 1. The summed E-state index contributed by atoms with van der Waals surface area (Å²) in [5.74, 6) is -0.423. The molecule has 17 heavy (non-hydrogen) atoms. The van der Waals surface area contributed by atoms with Gasteiger partial charge < -0.3 is 9.84 Å². The Kier molecular flexibility index (Phi) is 5.22. The molecule has 0 aliphatic carbocycles. The first-order valence-electron chi connectivity index (χ1n) is 5.66. The Morgan fingerprint density at radius 3 is 2.76 bits per heavy atom. The Hall–Kier alpha value is -1.29. The molecule has 94 valence electrons. The van der Waals surface area contributed by atoms with Gasteiger partial charge in [0, 0.05) is 4.88 Å². The van der Waals surface area contributed by atoms with Gasteiger partial charge in [0.05, 0.1) is 0 Å². The zero-order valence-corrected chi connectivity index (χ0v) is 11.3. The van der Waals surface area contributed by atoms with E-state index in [4.69, 9.17) is 9.84 Å². The third kappa shape index (κ3) is 4.23. The average molecular weight is 254 g/mol. The molecule has 0 saturated carbocycles. The predicted molar refractivity (Wildman–Crippen MR) is 70.2 cm³/mol. The highest BCUT2D eigenvalue weighted by Crippen LogP contribution is 2.30. The van der Waals surface area contributed by atoms with Crippen LogP contribution in [0.2, 0.25) is 0 Å². The number of carbonyl (C=O) groups is 1. The summed E-state index contributed by atoms with van der Waals surface area (Å²) in [5.41, 5.74) is 1.16. The van der Waals surface area contributed by atoms with E-state index >= 15 is 0 Å². The van der Waals surface area contributed by atoms with Gasteiger partial charge in [-0.1, -0.05) is 18.9 Å². The summed E-state index contributed by atoms with van der Waals surface area (Å²) in [6.07, 6.45) is 3.84. The second-order valence-electron chi connectivity index (χ2n) is 4.05. The summed E-state index contributed by atoms with van der Waals surface area (Å²) in [7, 11) is 0. The van der Waals surface area contributed by atoms with E-state index in [1.54, 1.807) is 0 Å². The minimum absolute atomic E-state index is 0.301. The molecular formula is C13H18O3S. The number of hydrogen-bond acceptors (Lipinski definition) is 3. The van der Waals surface area contributed by atoms with Gasteiger partial charge in [0.2, 0.25) is 0 Å². The van der Waals surface area contributed by atoms with Crippen LogP contribution in [-0.4, -0.2) is 17.7 Å². The molecule has 4 heteroatoms. The second kappa shape index (κ2) is 6.45. The summed E-state index contributed by atoms with van der Waals surface area (Å²) in [4.78, 5) is 12.4. The van der Waals surface area contributed by atoms with E-state index in [0.717, 1.165) is 23.3 Å². The van der Waals surface area contributed by atoms with E-state index in [9.17, 15) is 4.79 Å². The Balaban J connectivity index is 2.81. The lowest BCUT2D eigenvalue weighted by Crippen LogP contribution is -1.99. The van der Waals surface area contributed by atoms with Crippen LogP contribution < -0.4 is 4.74 Å². The van der Waals surface area contributed by atoms with Crippen molar-refractivity contribution in [1.82, 2.24) is 0 Å². The third-order valence-electron chi connectivity index (χ3n) is 2.17. The van der Waals surface area contributed by atoms with Gasteiger partial charge in [-0.2, -0.15) is 0 Å². The number of allylic oxidation sites excluding steroid dienone is 1. The molecule has 1 aromatic heterocycles. The van der Waals surface area contributed by atoms with E-state index < -0.39 is 5.97 Å². The number of thiophene rings is 1. The third-order valence-corrected chi connectivity index (χ3v) is 3.33. The summed E-state index contributed by atoms with van der Waals surface area (Å²) in [6.45, 7) is 6.46. The molecule has 1 aromatic rings. The van der Waals surface area contributed by atoms with Crippen molar-refractivity contribution in [2.75, 3.05) is 6.61 Å². The molecule has 0 aliphatic rings. The molecule has 0 spiro atoms. The first-order chi connectivity index (χ1) is 8.04. The highest BCUT2D eigenvalue weighted by atomic mass is 32.1. The molecule has 0 radical (unpaired) electrons. The van der Waals surface area contributed by atoms with Gasteiger partial charge in [0.15, 0.2) is 4.88 Å². The molecule has 0 bridgehead atoms. The number of ether oxygens (including phenoxy) is 1. The number of hydrogen-bond donors (Lipinski definition) is 1. The molecule has 0 amide bonds. The average Bonchev–Trinajstić information content (AvgIpc) is 2.61. The molecule has 3 nitrogen and oxygen atoms in total. The molecular weight excluding hydrogens is 236 g/mol. The van der Waals surface area contributed by atoms with Crippen molar-refractivity contribution in [3.63, 3.8) is 0 Å². The van der Waals surface area contributed by atoms with Gasteiger partial charge in [-0.25, -0.2) is 4.79 Å². The first-order valence-corrected chi connectivity index (χ1v) is 6.48. The van der Waals surface area contributed by atoms with Gasteiger partial charge in [-0.3, -0.25) is 0 Å². The van der Waals surface area contributed by atoms with E-state index in [1.807, 2.05) is 26.0 Å². The van der Waals surface area contributed by atoms with Crippen molar-refractivity contribution in [2.24, 2.45) is 0 Å². The molecule has 0 saturated heterocycles. The van der Waals surface area contributed by atoms with Crippen LogP contribution in [0.5, 0.6) is 5.75 Å². The smallest absolute Gasteiger partial charge is 0.349 e. The normalized spacial score (nSPS) is 10.1. The largest absolute Gasteiger partial charge is 0.488 e. The molecule has 0 aliphatic heterocycles. The minimum Gasteiger partial charge on any atom is -0.488 e. The molecule has 0 atom stereocenters. The molecule has 1 heterocycles. The van der Waals surface area contributed by atoms with Crippen molar-refractivity contribution in [1.29, 1.82) is 0 Å². The van der Waals surface area contributed by atoms with E-state index in [0.29, 0.717) is 17.2 Å². The fourth-order valence-electron chi connectivity index (χ4n) is 1.35. The fourth-order valence-corrected chi connectivity index (χ4v) is 2.39. The Labute approximate surface area is 106 Å². The van der Waals surface area contributed by atoms with Crippen LogP contribution in [0.3, 0.4) is 0 Å². The van der Waals surface area contributed by atoms with Crippen molar-refractivity contribution < 1.29 is 14.6 Å². The Morgan fingerprint density at radius 1 is 1.53 bits per heavy atom. The quantitative estimate of drug-likeness (QED) is 0.786. The highest BCUT2D eigenvalue weighted by Gasteiger charge is 2.16. The van der Waals surface area contributed by atoms with Gasteiger partial charge in [0.25, 0.3) is 0 Å². The number of carboxylic acid groups (broad SMARTS) is 1. The topological polar surface area (TPSA) is 46.5 Å². The van der Waals surface area contributed by atoms with Gasteiger partial charge in [-0.05, 0) is 32.4 Å². The van der Waals surface area contributed by atoms with Crippen LogP contribution in [0.4, 0.5) is 0 Å². The maximum atomic E-state index is 11.1. The van der Waals surface area contributed by atoms with Crippen LogP contribution >= 0.6 is 11.3 Å². The molecule has 1 rings (SSSR count). The van der Waals surface area contributed by atoms with Crippen LogP contribution in [-0.2, 0) is 6.42 Å². The Morgan fingerprint density at radius 2 is 2.24 bits per heavy atom. The minimum atomic E-state index is -0.912. The second-order valence-corrected chi connectivity index (χ2v) is 5.19. The van der Waals surface area contributed by atoms with Crippen LogP contribution in [0.25, 0.3) is 0 Å². The van der Waals surface area contributed by atoms with E-state index in [2.05, 4.69) is 6.92 Å². The number of aryl methyl sites for hydroxylation is 1. The zero-order valence-electron chi connectivity index (χ0n) is 10.4. The van der Waals surface area contributed by atoms with Gasteiger partial charge in [0.1, 0.15) is 12.4 Å². The van der Waals surface area contributed by atoms with E-state index in [1.165, 1.54) is 11.3 Å². The molecule has 1 N–H and O–H groups in total. The summed E-state index contributed by atoms with van der Waals surface area (Å²) in [6, 6.07) is 1.84. The van der Waals surface area contributed by atoms with E-state index in [-0.39, 0.29) is 0 Å². The summed E-state index contributed by atoms with van der Waals surface area (Å²) < 4.78 is 5.49. The standard InChI is InChI=1S/C13H18O3S/c1-4-5-10-8-11(12(17-10)13(14)15)16-7-6-9(2)3/h6,8H,4-5,7H2,1-3H3,(H,14,15). The fraction of sp³-hybridized carbons (Fsp3) is 0.462. The maximum absolute atomic E-state index is 11.1. The molecule has 0 unspecified atom stereocenters. The SMILES string of the molecule is CCCc1cc(OCC=C(C)C)c(C(=O)O)s1. The van der Waals surface area contributed by atoms with Crippen molar-refractivity contribution in [2.45, 2.75) is 33.6 Å². The monoisotopic (exact) mass is 254 g/mol. The van der Waals surface area contributed by atoms with Crippen LogP contribution in [0.15, 0.2) is 17.7 Å². The predicted octanol–water partition coefficient (Wildman–Crippen LogP) is 3.74. The maximum Gasteiger partial charge on any atom is 0.349 e. The number of rotatable bonds is 6.